The summed E-state index contributed by atoms with van der Waals surface area (Å²) in [6.45, 7) is 10.7. The summed E-state index contributed by atoms with van der Waals surface area (Å²) in [5.74, 6) is 1.43. The fourth-order valence-corrected chi connectivity index (χ4v) is 1.21. The lowest BCUT2D eigenvalue weighted by Gasteiger charge is -2.20. The van der Waals surface area contributed by atoms with Crippen LogP contribution in [0, 0.1) is 11.3 Å². The van der Waals surface area contributed by atoms with E-state index in [1.165, 1.54) is 0 Å². The van der Waals surface area contributed by atoms with Crippen molar-refractivity contribution in [2.24, 2.45) is 11.3 Å². The van der Waals surface area contributed by atoms with Gasteiger partial charge >= 0.3 is 0 Å². The molecule has 2 N–H and O–H groups in total. The summed E-state index contributed by atoms with van der Waals surface area (Å²) in [5, 5.41) is 0. The van der Waals surface area contributed by atoms with Gasteiger partial charge < -0.3 is 4.84 Å². The van der Waals surface area contributed by atoms with Crippen molar-refractivity contribution in [3.8, 4) is 0 Å². The van der Waals surface area contributed by atoms with Gasteiger partial charge in [0.1, 0.15) is 5.76 Å². The zero-order valence-corrected chi connectivity index (χ0v) is 8.49. The van der Waals surface area contributed by atoms with Gasteiger partial charge in [0.05, 0.1) is 5.70 Å². The Hall–Kier alpha value is -0.700. The van der Waals surface area contributed by atoms with Crippen molar-refractivity contribution in [1.29, 1.82) is 0 Å². The van der Waals surface area contributed by atoms with Gasteiger partial charge in [0.15, 0.2) is 0 Å². The van der Waals surface area contributed by atoms with Gasteiger partial charge in [-0.15, -0.1) is 0 Å². The molecule has 70 valence electrons. The van der Waals surface area contributed by atoms with Gasteiger partial charge in [-0.1, -0.05) is 40.2 Å². The van der Waals surface area contributed by atoms with E-state index in [0.29, 0.717) is 5.92 Å². The minimum atomic E-state index is 0.114. The Morgan fingerprint density at radius 2 is 1.83 bits per heavy atom. The smallest absolute Gasteiger partial charge is 0.150 e. The Bertz CT molecular complexity index is 201. The lowest BCUT2D eigenvalue weighted by molar-refractivity contribution is 0.0953. The van der Waals surface area contributed by atoms with Crippen LogP contribution in [0.3, 0.4) is 0 Å². The Morgan fingerprint density at radius 1 is 1.25 bits per heavy atom. The van der Waals surface area contributed by atoms with Crippen LogP contribution >= 0.6 is 0 Å². The second-order valence-electron chi connectivity index (χ2n) is 4.47. The molecule has 3 heteroatoms. The van der Waals surface area contributed by atoms with Crippen LogP contribution in [0.5, 0.6) is 0 Å². The third-order valence-electron chi connectivity index (χ3n) is 1.86. The maximum atomic E-state index is 5.27. The molecule has 0 atom stereocenters. The van der Waals surface area contributed by atoms with Crippen molar-refractivity contribution in [3.05, 3.63) is 11.5 Å². The first kappa shape index (κ1) is 9.39. The fraction of sp³-hybridized carbons (Fsp3) is 0.778. The number of rotatable bonds is 1. The van der Waals surface area contributed by atoms with Crippen LogP contribution in [0.4, 0.5) is 0 Å². The third-order valence-corrected chi connectivity index (χ3v) is 1.86. The molecule has 0 saturated carbocycles. The molecule has 0 radical (unpaired) electrons. The van der Waals surface area contributed by atoms with Gasteiger partial charge in [0.25, 0.3) is 0 Å². The molecule has 0 bridgehead atoms. The summed E-state index contributed by atoms with van der Waals surface area (Å²) >= 11 is 0. The third kappa shape index (κ3) is 1.72. The lowest BCUT2D eigenvalue weighted by Crippen LogP contribution is -2.28. The second kappa shape index (κ2) is 2.98. The van der Waals surface area contributed by atoms with E-state index in [1.54, 1.807) is 0 Å². The zero-order chi connectivity index (χ0) is 9.35. The predicted octanol–water partition coefficient (Wildman–Crippen LogP) is 1.94. The van der Waals surface area contributed by atoms with Crippen LogP contribution in [-0.2, 0) is 4.84 Å². The number of hydrogen-bond acceptors (Lipinski definition) is 3. The molecule has 0 aromatic rings. The van der Waals surface area contributed by atoms with Gasteiger partial charge in [-0.2, -0.15) is 0 Å². The zero-order valence-electron chi connectivity index (χ0n) is 8.49. The predicted molar refractivity (Wildman–Crippen MR) is 48.7 cm³/mol. The first-order chi connectivity index (χ1) is 5.43. The van der Waals surface area contributed by atoms with Crippen molar-refractivity contribution in [1.82, 2.24) is 11.0 Å². The van der Waals surface area contributed by atoms with Crippen LogP contribution in [-0.4, -0.2) is 0 Å². The number of hydrogen-bond donors (Lipinski definition) is 2. The Kier molecular flexibility index (Phi) is 2.33. The largest absolute Gasteiger partial charge is 0.391 e. The highest BCUT2D eigenvalue weighted by atomic mass is 16.7. The molecule has 1 heterocycles. The Balaban J connectivity index is 2.92. The SMILES string of the molecule is CC(C)C1=C(C(C)(C)C)NNO1. The van der Waals surface area contributed by atoms with E-state index in [1.807, 2.05) is 0 Å². The molecule has 1 aliphatic heterocycles. The number of hydrazine groups is 1. The summed E-state index contributed by atoms with van der Waals surface area (Å²) < 4.78 is 0. The van der Waals surface area contributed by atoms with Crippen LogP contribution in [0.15, 0.2) is 11.5 Å². The van der Waals surface area contributed by atoms with E-state index in [4.69, 9.17) is 4.84 Å². The highest BCUT2D eigenvalue weighted by molar-refractivity contribution is 5.16. The molecule has 0 spiro atoms. The minimum absolute atomic E-state index is 0.114. The van der Waals surface area contributed by atoms with Crippen molar-refractivity contribution in [2.75, 3.05) is 0 Å². The van der Waals surface area contributed by atoms with Crippen molar-refractivity contribution in [3.63, 3.8) is 0 Å². The van der Waals surface area contributed by atoms with Crippen LogP contribution in [0.2, 0.25) is 0 Å². The second-order valence-corrected chi connectivity index (χ2v) is 4.47. The first-order valence-electron chi connectivity index (χ1n) is 4.35. The summed E-state index contributed by atoms with van der Waals surface area (Å²) in [5.41, 5.74) is 6.99. The molecular weight excluding hydrogens is 152 g/mol. The normalized spacial score (nSPS) is 18.2. The topological polar surface area (TPSA) is 33.3 Å². The summed E-state index contributed by atoms with van der Waals surface area (Å²) in [6.07, 6.45) is 0. The molecule has 0 amide bonds. The van der Waals surface area contributed by atoms with Crippen molar-refractivity contribution in [2.45, 2.75) is 34.6 Å². The fourth-order valence-electron chi connectivity index (χ4n) is 1.21. The van der Waals surface area contributed by atoms with Crippen LogP contribution < -0.4 is 11.0 Å². The van der Waals surface area contributed by atoms with E-state index in [0.717, 1.165) is 11.5 Å². The standard InChI is InChI=1S/C9H18N2O/c1-6(2)7-8(9(3,4)5)10-11-12-7/h6,10-11H,1-5H3. The number of allylic oxidation sites excluding steroid dienone is 2. The van der Waals surface area contributed by atoms with Gasteiger partial charge in [0, 0.05) is 11.3 Å². The monoisotopic (exact) mass is 170 g/mol. The maximum absolute atomic E-state index is 5.27. The molecule has 0 aromatic carbocycles. The summed E-state index contributed by atoms with van der Waals surface area (Å²) in [6, 6.07) is 0. The van der Waals surface area contributed by atoms with E-state index >= 15 is 0 Å². The Labute approximate surface area is 74.1 Å². The average Bonchev–Trinajstić information content (AvgIpc) is 2.30. The molecule has 0 fully saturated rings. The highest BCUT2D eigenvalue weighted by Gasteiger charge is 2.28. The molecule has 12 heavy (non-hydrogen) atoms. The minimum Gasteiger partial charge on any atom is -0.391 e. The van der Waals surface area contributed by atoms with Crippen molar-refractivity contribution >= 4 is 0 Å². The molecule has 0 aromatic heterocycles. The molecular formula is C9H18N2O. The van der Waals surface area contributed by atoms with Crippen LogP contribution in [0.1, 0.15) is 34.6 Å². The molecule has 3 nitrogen and oxygen atoms in total. The van der Waals surface area contributed by atoms with Crippen molar-refractivity contribution < 1.29 is 4.84 Å². The van der Waals surface area contributed by atoms with E-state index in [9.17, 15) is 0 Å². The average molecular weight is 170 g/mol. The summed E-state index contributed by atoms with van der Waals surface area (Å²) in [4.78, 5) is 5.27. The summed E-state index contributed by atoms with van der Waals surface area (Å²) in [7, 11) is 0. The molecule has 1 rings (SSSR count). The van der Waals surface area contributed by atoms with Gasteiger partial charge in [-0.25, -0.2) is 0 Å². The molecule has 0 unspecified atom stereocenters. The highest BCUT2D eigenvalue weighted by Crippen LogP contribution is 2.30. The Morgan fingerprint density at radius 3 is 2.17 bits per heavy atom. The van der Waals surface area contributed by atoms with E-state index in [2.05, 4.69) is 45.6 Å². The van der Waals surface area contributed by atoms with Gasteiger partial charge in [-0.3, -0.25) is 5.43 Å². The molecule has 0 saturated heterocycles. The lowest BCUT2D eigenvalue weighted by atomic mass is 9.89. The van der Waals surface area contributed by atoms with E-state index in [-0.39, 0.29) is 5.41 Å². The maximum Gasteiger partial charge on any atom is 0.150 e. The molecule has 0 aliphatic carbocycles. The quantitative estimate of drug-likeness (QED) is 0.631. The van der Waals surface area contributed by atoms with Gasteiger partial charge in [-0.05, 0) is 0 Å². The first-order valence-corrected chi connectivity index (χ1v) is 4.35. The number of nitrogens with one attached hydrogen (secondary N) is 2. The molecule has 1 aliphatic rings. The van der Waals surface area contributed by atoms with E-state index < -0.39 is 0 Å². The van der Waals surface area contributed by atoms with Gasteiger partial charge in [0.2, 0.25) is 0 Å². The van der Waals surface area contributed by atoms with Crippen LogP contribution in [0.25, 0.3) is 0 Å².